The second-order valence-electron chi connectivity index (χ2n) is 11.0. The smallest absolute Gasteiger partial charge is 0.221 e. The summed E-state index contributed by atoms with van der Waals surface area (Å²) in [5, 5.41) is 3.30. The number of nitrogens with one attached hydrogen (secondary N) is 1. The molecule has 0 aliphatic carbocycles. The number of halogens is 1. The first-order chi connectivity index (χ1) is 18.2. The van der Waals surface area contributed by atoms with Crippen molar-refractivity contribution in [3.05, 3.63) is 76.9 Å². The summed E-state index contributed by atoms with van der Waals surface area (Å²) in [4.78, 5) is 27.1. The molecule has 0 spiro atoms. The number of nitrogens with zero attached hydrogens (tertiary/aromatic N) is 1. The Bertz CT molecular complexity index is 1150. The lowest BCUT2D eigenvalue weighted by atomic mass is 9.96. The molecule has 4 nitrogen and oxygen atoms in total. The summed E-state index contributed by atoms with van der Waals surface area (Å²) in [6, 6.07) is 15.1. The van der Waals surface area contributed by atoms with Crippen LogP contribution in [0.4, 0.5) is 3.89 Å². The molecule has 38 heavy (non-hydrogen) atoms. The van der Waals surface area contributed by atoms with E-state index in [0.717, 1.165) is 30.6 Å². The quantitative estimate of drug-likeness (QED) is 0.338. The molecule has 0 radical (unpaired) electrons. The molecule has 2 atom stereocenters. The first-order valence-corrected chi connectivity index (χ1v) is 16.2. The van der Waals surface area contributed by atoms with Gasteiger partial charge in [0.15, 0.2) is 0 Å². The zero-order chi connectivity index (χ0) is 27.3. The van der Waals surface area contributed by atoms with Gasteiger partial charge in [0.25, 0.3) is 0 Å². The molecule has 2 aromatic rings. The van der Waals surface area contributed by atoms with Crippen LogP contribution in [0.25, 0.3) is 5.70 Å². The van der Waals surface area contributed by atoms with Gasteiger partial charge in [-0.25, -0.2) is 0 Å². The summed E-state index contributed by atoms with van der Waals surface area (Å²) in [6.45, 7) is 10.2. The number of hydrogen-bond acceptors (Lipinski definition) is 4. The lowest BCUT2D eigenvalue weighted by Crippen LogP contribution is -2.37. The van der Waals surface area contributed by atoms with Gasteiger partial charge in [-0.3, -0.25) is 9.59 Å². The summed E-state index contributed by atoms with van der Waals surface area (Å²) in [6.07, 6.45) is 8.62. The topological polar surface area (TPSA) is 49.4 Å². The van der Waals surface area contributed by atoms with Gasteiger partial charge in [-0.05, 0) is 71.0 Å². The van der Waals surface area contributed by atoms with Gasteiger partial charge in [0.1, 0.15) is 5.78 Å². The highest BCUT2D eigenvalue weighted by molar-refractivity contribution is 8.41. The van der Waals surface area contributed by atoms with Gasteiger partial charge in [0, 0.05) is 36.8 Å². The molecule has 206 valence electrons. The van der Waals surface area contributed by atoms with Crippen LogP contribution in [0.2, 0.25) is 0 Å². The molecule has 0 amide bonds. The standard InChI is InChI=1S/C32H43FN2O2S/c1-5-8-27(9-6-2)34-20-25-14-12-24(13-15-25)16-17-26-10-7-11-29-23(3)35(21-30(26)29)31-19-18-28(36)22-38(4,33)32(31)37/h7,10-15,27,31,34H,3,5-6,8-9,16-22H2,1-2,4H3. The molecule has 2 unspecified atom stereocenters. The van der Waals surface area contributed by atoms with E-state index < -0.39 is 21.6 Å². The molecule has 0 aromatic heterocycles. The Hall–Kier alpha value is -2.44. The molecule has 1 fully saturated rings. The highest BCUT2D eigenvalue weighted by Crippen LogP contribution is 2.52. The van der Waals surface area contributed by atoms with E-state index >= 15 is 3.89 Å². The van der Waals surface area contributed by atoms with Gasteiger partial charge in [-0.15, -0.1) is 0 Å². The fraction of sp³-hybridized carbons (Fsp3) is 0.500. The van der Waals surface area contributed by atoms with Gasteiger partial charge < -0.3 is 10.2 Å². The normalized spacial score (nSPS) is 23.4. The number of carbonyl (C=O) groups excluding carboxylic acids is 2. The van der Waals surface area contributed by atoms with Gasteiger partial charge >= 0.3 is 0 Å². The third kappa shape index (κ3) is 6.58. The van der Waals surface area contributed by atoms with Crippen molar-refractivity contribution in [2.75, 3.05) is 12.0 Å². The Kier molecular flexibility index (Phi) is 9.48. The molecular weight excluding hydrogens is 495 g/mol. The first kappa shape index (κ1) is 28.6. The van der Waals surface area contributed by atoms with Crippen molar-refractivity contribution in [2.24, 2.45) is 0 Å². The minimum absolute atomic E-state index is 0.146. The van der Waals surface area contributed by atoms with Gasteiger partial charge in [-0.1, -0.05) is 75.7 Å². The van der Waals surface area contributed by atoms with E-state index in [9.17, 15) is 9.59 Å². The second-order valence-corrected chi connectivity index (χ2v) is 13.7. The van der Waals surface area contributed by atoms with Crippen molar-refractivity contribution in [1.82, 2.24) is 10.2 Å². The number of aryl methyl sites for hydroxylation is 2. The van der Waals surface area contributed by atoms with E-state index in [1.807, 2.05) is 17.0 Å². The third-order valence-electron chi connectivity index (χ3n) is 8.03. The van der Waals surface area contributed by atoms with Gasteiger partial charge in [-0.2, -0.15) is 3.89 Å². The lowest BCUT2D eigenvalue weighted by Gasteiger charge is -2.32. The third-order valence-corrected chi connectivity index (χ3v) is 10.0. The summed E-state index contributed by atoms with van der Waals surface area (Å²) in [5.74, 6) is -0.388. The molecule has 2 aromatic carbocycles. The summed E-state index contributed by atoms with van der Waals surface area (Å²) in [5.41, 5.74) is 6.84. The number of benzene rings is 2. The number of carbonyl (C=O) groups is 2. The molecule has 2 heterocycles. The summed E-state index contributed by atoms with van der Waals surface area (Å²) < 4.78 is 15.2. The molecule has 4 rings (SSSR count). The average molecular weight is 539 g/mol. The summed E-state index contributed by atoms with van der Waals surface area (Å²) >= 11 is 0. The number of hydrogen-bond donors (Lipinski definition) is 1. The van der Waals surface area contributed by atoms with Crippen LogP contribution >= 0.6 is 10.4 Å². The van der Waals surface area contributed by atoms with Crippen LogP contribution in [0, 0.1) is 0 Å². The van der Waals surface area contributed by atoms with Gasteiger partial charge in [0.2, 0.25) is 5.12 Å². The Morgan fingerprint density at radius 3 is 2.42 bits per heavy atom. The van der Waals surface area contributed by atoms with Crippen molar-refractivity contribution >= 4 is 27.0 Å². The molecule has 1 saturated heterocycles. The highest BCUT2D eigenvalue weighted by atomic mass is 32.3. The Labute approximate surface area is 229 Å². The zero-order valence-corrected chi connectivity index (χ0v) is 24.0. The first-order valence-electron chi connectivity index (χ1n) is 14.1. The Morgan fingerprint density at radius 2 is 1.74 bits per heavy atom. The number of fused-ring (bicyclic) bond motifs is 1. The van der Waals surface area contributed by atoms with E-state index in [0.29, 0.717) is 19.0 Å². The maximum atomic E-state index is 15.2. The monoisotopic (exact) mass is 538 g/mol. The average Bonchev–Trinajstić information content (AvgIpc) is 3.18. The second kappa shape index (κ2) is 12.6. The SMILES string of the molecule is C=C1c2cccc(CCc3ccc(CNC(CCC)CCC)cc3)c2CN1C1CCC(=O)CS(C)(F)C1=O. The fourth-order valence-electron chi connectivity index (χ4n) is 5.88. The summed E-state index contributed by atoms with van der Waals surface area (Å²) in [7, 11) is -3.10. The Morgan fingerprint density at radius 1 is 1.05 bits per heavy atom. The van der Waals surface area contributed by atoms with E-state index in [1.165, 1.54) is 54.2 Å². The molecule has 2 aliphatic heterocycles. The fourth-order valence-corrected chi connectivity index (χ4v) is 7.59. The van der Waals surface area contributed by atoms with Crippen LogP contribution in [-0.2, 0) is 35.5 Å². The molecule has 6 heteroatoms. The number of Topliss-reactive ketones (excluding diaryl/α,β-unsaturated/α-hetero) is 1. The predicted octanol–water partition coefficient (Wildman–Crippen LogP) is 6.89. The van der Waals surface area contributed by atoms with Crippen LogP contribution in [0.5, 0.6) is 0 Å². The maximum Gasteiger partial charge on any atom is 0.221 e. The largest absolute Gasteiger partial charge is 0.356 e. The van der Waals surface area contributed by atoms with Crippen molar-refractivity contribution in [3.8, 4) is 0 Å². The van der Waals surface area contributed by atoms with Crippen molar-refractivity contribution in [3.63, 3.8) is 0 Å². The minimum atomic E-state index is -3.10. The van der Waals surface area contributed by atoms with Crippen LogP contribution in [0.1, 0.15) is 80.2 Å². The molecule has 0 bridgehead atoms. The molecule has 2 aliphatic rings. The highest BCUT2D eigenvalue weighted by Gasteiger charge is 2.43. The Balaban J connectivity index is 1.40. The van der Waals surface area contributed by atoms with Crippen molar-refractivity contribution in [2.45, 2.75) is 90.4 Å². The van der Waals surface area contributed by atoms with E-state index in [1.54, 1.807) is 0 Å². The van der Waals surface area contributed by atoms with Crippen LogP contribution in [0.3, 0.4) is 0 Å². The van der Waals surface area contributed by atoms with E-state index in [2.05, 4.69) is 56.1 Å². The predicted molar refractivity (Wildman–Crippen MR) is 158 cm³/mol. The van der Waals surface area contributed by atoms with E-state index in [-0.39, 0.29) is 18.0 Å². The minimum Gasteiger partial charge on any atom is -0.356 e. The van der Waals surface area contributed by atoms with Crippen molar-refractivity contribution < 1.29 is 13.5 Å². The van der Waals surface area contributed by atoms with Crippen LogP contribution in [0.15, 0.2) is 49.0 Å². The van der Waals surface area contributed by atoms with Crippen LogP contribution in [-0.4, -0.2) is 39.9 Å². The van der Waals surface area contributed by atoms with Crippen LogP contribution < -0.4 is 5.32 Å². The van der Waals surface area contributed by atoms with E-state index in [4.69, 9.17) is 0 Å². The molecule has 0 saturated carbocycles. The lowest BCUT2D eigenvalue weighted by molar-refractivity contribution is -0.116. The van der Waals surface area contributed by atoms with Crippen molar-refractivity contribution in [1.29, 1.82) is 0 Å². The number of ketones is 1. The maximum absolute atomic E-state index is 15.2. The molecular formula is C32H43FN2O2S. The zero-order valence-electron chi connectivity index (χ0n) is 23.2. The molecule has 1 N–H and O–H groups in total. The van der Waals surface area contributed by atoms with Gasteiger partial charge in [0.05, 0.1) is 11.8 Å². The number of rotatable bonds is 11.